The number of nitrogens with zero attached hydrogens (tertiary/aromatic N) is 1. The first kappa shape index (κ1) is 13.4. The van der Waals surface area contributed by atoms with Crippen LogP contribution < -0.4 is 5.73 Å². The molecule has 1 fully saturated rings. The third-order valence-corrected chi connectivity index (χ3v) is 4.20. The summed E-state index contributed by atoms with van der Waals surface area (Å²) in [6.07, 6.45) is 1.71. The number of thioether (sulfide) groups is 1. The van der Waals surface area contributed by atoms with Crippen LogP contribution in [0.1, 0.15) is 12.0 Å². The van der Waals surface area contributed by atoms with Gasteiger partial charge in [0.15, 0.2) is 0 Å². The number of amides is 1. The van der Waals surface area contributed by atoms with Crippen LogP contribution in [-0.2, 0) is 11.2 Å². The number of hydrogen-bond acceptors (Lipinski definition) is 3. The van der Waals surface area contributed by atoms with Gasteiger partial charge >= 0.3 is 0 Å². The summed E-state index contributed by atoms with van der Waals surface area (Å²) < 4.78 is 0. The summed E-state index contributed by atoms with van der Waals surface area (Å²) in [5.74, 6) is 2.28. The van der Waals surface area contributed by atoms with Crippen molar-refractivity contribution in [3.05, 3.63) is 35.9 Å². The number of nitrogens with two attached hydrogens (primary N) is 1. The maximum Gasteiger partial charge on any atom is 0.239 e. The largest absolute Gasteiger partial charge is 0.340 e. The minimum atomic E-state index is -0.407. The zero-order valence-electron chi connectivity index (χ0n) is 10.5. The Labute approximate surface area is 113 Å². The first-order valence-corrected chi connectivity index (χ1v) is 7.59. The van der Waals surface area contributed by atoms with E-state index in [1.165, 1.54) is 0 Å². The summed E-state index contributed by atoms with van der Waals surface area (Å²) >= 11 is 1.92. The van der Waals surface area contributed by atoms with Crippen molar-refractivity contribution in [3.8, 4) is 0 Å². The normalized spacial score (nSPS) is 18.2. The van der Waals surface area contributed by atoms with Gasteiger partial charge in [0.25, 0.3) is 0 Å². The molecule has 1 aromatic carbocycles. The lowest BCUT2D eigenvalue weighted by Crippen LogP contribution is -2.45. The Hall–Kier alpha value is -1.00. The van der Waals surface area contributed by atoms with E-state index in [1.54, 1.807) is 0 Å². The highest BCUT2D eigenvalue weighted by molar-refractivity contribution is 7.99. The monoisotopic (exact) mass is 264 g/mol. The molecule has 1 aliphatic rings. The molecule has 1 aromatic rings. The molecule has 2 rings (SSSR count). The fourth-order valence-corrected chi connectivity index (χ4v) is 3.04. The van der Waals surface area contributed by atoms with Gasteiger partial charge in [-0.05, 0) is 24.2 Å². The van der Waals surface area contributed by atoms with Gasteiger partial charge in [0.1, 0.15) is 0 Å². The van der Waals surface area contributed by atoms with Crippen LogP contribution in [-0.4, -0.2) is 41.4 Å². The Morgan fingerprint density at radius 3 is 2.83 bits per heavy atom. The highest BCUT2D eigenvalue weighted by Gasteiger charge is 2.21. The molecule has 0 spiro atoms. The second kappa shape index (κ2) is 6.81. The Morgan fingerprint density at radius 1 is 1.28 bits per heavy atom. The first-order valence-electron chi connectivity index (χ1n) is 6.43. The van der Waals surface area contributed by atoms with Gasteiger partial charge < -0.3 is 10.6 Å². The zero-order chi connectivity index (χ0) is 12.8. The molecule has 18 heavy (non-hydrogen) atoms. The summed E-state index contributed by atoms with van der Waals surface area (Å²) in [5.41, 5.74) is 7.16. The van der Waals surface area contributed by atoms with Gasteiger partial charge in [-0.3, -0.25) is 4.79 Å². The molecular formula is C14H20N2OS. The van der Waals surface area contributed by atoms with E-state index in [2.05, 4.69) is 0 Å². The Morgan fingerprint density at radius 2 is 2.06 bits per heavy atom. The van der Waals surface area contributed by atoms with Crippen LogP contribution in [0, 0.1) is 0 Å². The minimum Gasteiger partial charge on any atom is -0.340 e. The molecule has 0 saturated carbocycles. The van der Waals surface area contributed by atoms with E-state index in [-0.39, 0.29) is 5.91 Å². The fraction of sp³-hybridized carbons (Fsp3) is 0.500. The fourth-order valence-electron chi connectivity index (χ4n) is 2.16. The Balaban J connectivity index is 1.91. The van der Waals surface area contributed by atoms with E-state index in [1.807, 2.05) is 47.0 Å². The molecule has 2 N–H and O–H groups in total. The van der Waals surface area contributed by atoms with E-state index >= 15 is 0 Å². The summed E-state index contributed by atoms with van der Waals surface area (Å²) in [5, 5.41) is 0. The first-order chi connectivity index (χ1) is 8.77. The van der Waals surface area contributed by atoms with Crippen molar-refractivity contribution >= 4 is 17.7 Å². The highest BCUT2D eigenvalue weighted by atomic mass is 32.2. The van der Waals surface area contributed by atoms with Crippen LogP contribution in [0.2, 0.25) is 0 Å². The molecule has 0 radical (unpaired) electrons. The molecule has 1 heterocycles. The van der Waals surface area contributed by atoms with Gasteiger partial charge in [-0.25, -0.2) is 0 Å². The standard InChI is InChI=1S/C14H20N2OS/c15-13(11-12-5-2-1-3-6-12)14(17)16-7-4-9-18-10-8-16/h1-3,5-6,13H,4,7-11,15H2/t13-/m0/s1. The van der Waals surface area contributed by atoms with E-state index < -0.39 is 6.04 Å². The average Bonchev–Trinajstić information content (AvgIpc) is 2.68. The molecule has 98 valence electrons. The van der Waals surface area contributed by atoms with Gasteiger partial charge in [0.2, 0.25) is 5.91 Å². The molecule has 1 aliphatic heterocycles. The predicted molar refractivity (Wildman–Crippen MR) is 76.6 cm³/mol. The van der Waals surface area contributed by atoms with Crippen LogP contribution in [0.3, 0.4) is 0 Å². The van der Waals surface area contributed by atoms with Gasteiger partial charge in [-0.15, -0.1) is 0 Å². The van der Waals surface area contributed by atoms with E-state index in [4.69, 9.17) is 5.73 Å². The van der Waals surface area contributed by atoms with Crippen LogP contribution in [0.4, 0.5) is 0 Å². The third-order valence-electron chi connectivity index (χ3n) is 3.15. The zero-order valence-corrected chi connectivity index (χ0v) is 11.4. The lowest BCUT2D eigenvalue weighted by Gasteiger charge is -2.23. The van der Waals surface area contributed by atoms with E-state index in [0.29, 0.717) is 6.42 Å². The topological polar surface area (TPSA) is 46.3 Å². The molecule has 0 bridgehead atoms. The van der Waals surface area contributed by atoms with Crippen LogP contribution in [0.5, 0.6) is 0 Å². The molecule has 1 amide bonds. The molecule has 0 aliphatic carbocycles. The maximum absolute atomic E-state index is 12.2. The molecule has 1 atom stereocenters. The summed E-state index contributed by atoms with van der Waals surface area (Å²) in [7, 11) is 0. The van der Waals surface area contributed by atoms with Gasteiger partial charge in [-0.1, -0.05) is 30.3 Å². The number of rotatable bonds is 3. The smallest absolute Gasteiger partial charge is 0.239 e. The van der Waals surface area contributed by atoms with Gasteiger partial charge in [0, 0.05) is 18.8 Å². The lowest BCUT2D eigenvalue weighted by molar-refractivity contribution is -0.132. The van der Waals surface area contributed by atoms with Crippen molar-refractivity contribution in [1.82, 2.24) is 4.90 Å². The van der Waals surface area contributed by atoms with Crippen molar-refractivity contribution in [2.24, 2.45) is 5.73 Å². The molecule has 0 unspecified atom stereocenters. The number of benzene rings is 1. The average molecular weight is 264 g/mol. The van der Waals surface area contributed by atoms with Crippen molar-refractivity contribution in [2.75, 3.05) is 24.6 Å². The third kappa shape index (κ3) is 3.75. The van der Waals surface area contributed by atoms with E-state index in [9.17, 15) is 4.79 Å². The van der Waals surface area contributed by atoms with Gasteiger partial charge in [-0.2, -0.15) is 11.8 Å². The summed E-state index contributed by atoms with van der Waals surface area (Å²) in [6, 6.07) is 9.57. The quantitative estimate of drug-likeness (QED) is 0.900. The van der Waals surface area contributed by atoms with Crippen molar-refractivity contribution < 1.29 is 4.79 Å². The predicted octanol–water partition coefficient (Wildman–Crippen LogP) is 1.52. The van der Waals surface area contributed by atoms with Crippen molar-refractivity contribution in [3.63, 3.8) is 0 Å². The number of carbonyl (C=O) groups is 1. The lowest BCUT2D eigenvalue weighted by atomic mass is 10.1. The SMILES string of the molecule is N[C@@H](Cc1ccccc1)C(=O)N1CCCSCC1. The second-order valence-corrected chi connectivity index (χ2v) is 5.81. The minimum absolute atomic E-state index is 0.0985. The van der Waals surface area contributed by atoms with Gasteiger partial charge in [0.05, 0.1) is 6.04 Å². The maximum atomic E-state index is 12.2. The van der Waals surface area contributed by atoms with Crippen LogP contribution in [0.15, 0.2) is 30.3 Å². The molecule has 3 nitrogen and oxygen atoms in total. The molecule has 4 heteroatoms. The summed E-state index contributed by atoms with van der Waals surface area (Å²) in [6.45, 7) is 1.69. The highest BCUT2D eigenvalue weighted by Crippen LogP contribution is 2.12. The van der Waals surface area contributed by atoms with Crippen LogP contribution >= 0.6 is 11.8 Å². The molecule has 0 aromatic heterocycles. The number of hydrogen-bond donors (Lipinski definition) is 1. The van der Waals surface area contributed by atoms with Crippen LogP contribution in [0.25, 0.3) is 0 Å². The Kier molecular flexibility index (Phi) is 5.08. The summed E-state index contributed by atoms with van der Waals surface area (Å²) in [4.78, 5) is 14.2. The van der Waals surface area contributed by atoms with E-state index in [0.717, 1.165) is 36.6 Å². The van der Waals surface area contributed by atoms with Crippen molar-refractivity contribution in [1.29, 1.82) is 0 Å². The molecular weight excluding hydrogens is 244 g/mol. The van der Waals surface area contributed by atoms with Crippen molar-refractivity contribution in [2.45, 2.75) is 18.9 Å². The second-order valence-electron chi connectivity index (χ2n) is 4.59. The number of carbonyl (C=O) groups excluding carboxylic acids is 1. The Bertz CT molecular complexity index is 375. The molecule has 1 saturated heterocycles.